The Labute approximate surface area is 161 Å². The predicted octanol–water partition coefficient (Wildman–Crippen LogP) is 2.36. The van der Waals surface area contributed by atoms with E-state index in [9.17, 15) is 14.4 Å². The van der Waals surface area contributed by atoms with Crippen LogP contribution in [0.3, 0.4) is 0 Å². The molecule has 3 amide bonds. The summed E-state index contributed by atoms with van der Waals surface area (Å²) >= 11 is 0. The van der Waals surface area contributed by atoms with Gasteiger partial charge in [0.2, 0.25) is 0 Å². The number of aryl methyl sites for hydroxylation is 1. The first-order valence-electron chi connectivity index (χ1n) is 9.13. The van der Waals surface area contributed by atoms with Gasteiger partial charge in [0.25, 0.3) is 11.5 Å². The topological polar surface area (TPSA) is 83.8 Å². The Morgan fingerprint density at radius 3 is 2.54 bits per heavy atom. The van der Waals surface area contributed by atoms with Gasteiger partial charge in [0.05, 0.1) is 12.2 Å². The zero-order valence-electron chi connectivity index (χ0n) is 15.7. The van der Waals surface area contributed by atoms with Gasteiger partial charge in [-0.05, 0) is 30.5 Å². The molecule has 0 saturated carbocycles. The van der Waals surface area contributed by atoms with Gasteiger partial charge in [-0.3, -0.25) is 18.9 Å². The molecule has 7 nitrogen and oxygen atoms in total. The van der Waals surface area contributed by atoms with Gasteiger partial charge in [-0.1, -0.05) is 43.3 Å². The fourth-order valence-corrected chi connectivity index (χ4v) is 3.63. The van der Waals surface area contributed by atoms with Crippen LogP contribution >= 0.6 is 0 Å². The third-order valence-corrected chi connectivity index (χ3v) is 5.15. The van der Waals surface area contributed by atoms with Gasteiger partial charge in [0.1, 0.15) is 11.2 Å². The summed E-state index contributed by atoms with van der Waals surface area (Å²) in [6.07, 6.45) is 2.13. The Bertz CT molecular complexity index is 1140. The summed E-state index contributed by atoms with van der Waals surface area (Å²) in [5.74, 6) is -0.336. The van der Waals surface area contributed by atoms with Crippen LogP contribution in [0, 0.1) is 6.92 Å². The van der Waals surface area contributed by atoms with Crippen molar-refractivity contribution in [1.29, 1.82) is 0 Å². The lowest BCUT2D eigenvalue weighted by molar-refractivity contribution is -0.132. The third kappa shape index (κ3) is 2.76. The van der Waals surface area contributed by atoms with E-state index < -0.39 is 11.6 Å². The van der Waals surface area contributed by atoms with Crippen molar-refractivity contribution in [3.05, 3.63) is 81.9 Å². The van der Waals surface area contributed by atoms with E-state index in [-0.39, 0.29) is 18.0 Å². The average Bonchev–Trinajstić information content (AvgIpc) is 2.94. The summed E-state index contributed by atoms with van der Waals surface area (Å²) in [6, 6.07) is 13.7. The van der Waals surface area contributed by atoms with Crippen LogP contribution in [0.25, 0.3) is 5.65 Å². The van der Waals surface area contributed by atoms with Crippen molar-refractivity contribution >= 4 is 17.6 Å². The van der Waals surface area contributed by atoms with Crippen LogP contribution < -0.4 is 10.9 Å². The zero-order chi connectivity index (χ0) is 19.9. The van der Waals surface area contributed by atoms with Crippen molar-refractivity contribution < 1.29 is 9.59 Å². The molecule has 1 aliphatic heterocycles. The van der Waals surface area contributed by atoms with E-state index >= 15 is 0 Å². The summed E-state index contributed by atoms with van der Waals surface area (Å²) in [5.41, 5.74) is 1.18. The summed E-state index contributed by atoms with van der Waals surface area (Å²) in [4.78, 5) is 43.8. The van der Waals surface area contributed by atoms with Gasteiger partial charge in [0.15, 0.2) is 0 Å². The minimum Gasteiger partial charge on any atom is -0.319 e. The molecule has 1 fully saturated rings. The van der Waals surface area contributed by atoms with Crippen LogP contribution in [-0.2, 0) is 16.9 Å². The second-order valence-electron chi connectivity index (χ2n) is 6.97. The summed E-state index contributed by atoms with van der Waals surface area (Å²) in [5, 5.41) is 2.84. The molecule has 1 aromatic carbocycles. The Morgan fingerprint density at radius 2 is 1.82 bits per heavy atom. The standard InChI is InChI=1S/C21H20N4O3/c1-3-21(15-7-5-4-6-8-15)19(27)25(20(28)23-21)13-16-11-18(26)24-12-14(2)9-10-17(24)22-16/h4-12H,3,13H2,1-2H3,(H,23,28). The van der Waals surface area contributed by atoms with Gasteiger partial charge < -0.3 is 5.32 Å². The molecule has 1 N–H and O–H groups in total. The number of carbonyl (C=O) groups is 2. The van der Waals surface area contributed by atoms with Crippen LogP contribution in [0.2, 0.25) is 0 Å². The van der Waals surface area contributed by atoms with E-state index in [1.165, 1.54) is 10.5 Å². The predicted molar refractivity (Wildman–Crippen MR) is 104 cm³/mol. The molecule has 142 valence electrons. The van der Waals surface area contributed by atoms with E-state index in [1.807, 2.05) is 50.2 Å². The summed E-state index contributed by atoms with van der Waals surface area (Å²) < 4.78 is 1.45. The largest absolute Gasteiger partial charge is 0.325 e. The maximum absolute atomic E-state index is 13.2. The van der Waals surface area contributed by atoms with Crippen LogP contribution in [-0.4, -0.2) is 26.2 Å². The second kappa shape index (κ2) is 6.60. The molecular formula is C21H20N4O3. The van der Waals surface area contributed by atoms with Crippen LogP contribution in [0.5, 0.6) is 0 Å². The number of fused-ring (bicyclic) bond motifs is 1. The minimum absolute atomic E-state index is 0.0567. The van der Waals surface area contributed by atoms with E-state index in [4.69, 9.17) is 0 Å². The van der Waals surface area contributed by atoms with Gasteiger partial charge >= 0.3 is 6.03 Å². The minimum atomic E-state index is -1.10. The highest BCUT2D eigenvalue weighted by molar-refractivity contribution is 6.07. The Morgan fingerprint density at radius 1 is 1.07 bits per heavy atom. The molecule has 0 bridgehead atoms. The molecule has 1 unspecified atom stereocenters. The number of rotatable bonds is 4. The lowest BCUT2D eigenvalue weighted by Crippen LogP contribution is -2.43. The Kier molecular flexibility index (Phi) is 4.22. The lowest BCUT2D eigenvalue weighted by atomic mass is 9.87. The van der Waals surface area contributed by atoms with Crippen molar-refractivity contribution in [3.63, 3.8) is 0 Å². The molecule has 28 heavy (non-hydrogen) atoms. The van der Waals surface area contributed by atoms with Crippen molar-refractivity contribution in [1.82, 2.24) is 19.6 Å². The van der Waals surface area contributed by atoms with Crippen molar-refractivity contribution in [3.8, 4) is 0 Å². The SMILES string of the molecule is CCC1(c2ccccc2)NC(=O)N(Cc2cc(=O)n3cc(C)ccc3n2)C1=O. The average molecular weight is 376 g/mol. The zero-order valence-corrected chi connectivity index (χ0v) is 15.7. The molecule has 7 heteroatoms. The van der Waals surface area contributed by atoms with Gasteiger partial charge in [-0.25, -0.2) is 9.78 Å². The number of urea groups is 1. The number of hydrogen-bond acceptors (Lipinski definition) is 4. The molecule has 1 saturated heterocycles. The summed E-state index contributed by atoms with van der Waals surface area (Å²) in [7, 11) is 0. The number of imide groups is 1. The number of hydrogen-bond donors (Lipinski definition) is 1. The monoisotopic (exact) mass is 376 g/mol. The highest BCUT2D eigenvalue weighted by Crippen LogP contribution is 2.32. The molecule has 3 heterocycles. The normalized spacial score (nSPS) is 19.3. The molecule has 4 rings (SSSR count). The molecule has 0 spiro atoms. The highest BCUT2D eigenvalue weighted by Gasteiger charge is 2.51. The Balaban J connectivity index is 1.70. The number of nitrogens with one attached hydrogen (secondary N) is 1. The first-order valence-corrected chi connectivity index (χ1v) is 9.13. The van der Waals surface area contributed by atoms with Gasteiger partial charge in [0, 0.05) is 12.3 Å². The van der Waals surface area contributed by atoms with Gasteiger partial charge in [-0.15, -0.1) is 0 Å². The fraction of sp³-hybridized carbons (Fsp3) is 0.238. The van der Waals surface area contributed by atoms with E-state index in [2.05, 4.69) is 10.3 Å². The molecule has 0 aliphatic carbocycles. The quantitative estimate of drug-likeness (QED) is 0.709. The Hall–Kier alpha value is -3.48. The molecule has 1 aliphatic rings. The first kappa shape index (κ1) is 17.9. The molecule has 2 aromatic heterocycles. The second-order valence-corrected chi connectivity index (χ2v) is 6.97. The van der Waals surface area contributed by atoms with Crippen molar-refractivity contribution in [2.24, 2.45) is 0 Å². The lowest BCUT2D eigenvalue weighted by Gasteiger charge is -2.25. The van der Waals surface area contributed by atoms with Crippen LogP contribution in [0.4, 0.5) is 4.79 Å². The molecular weight excluding hydrogens is 356 g/mol. The number of amides is 3. The van der Waals surface area contributed by atoms with E-state index in [0.717, 1.165) is 16.0 Å². The molecule has 0 radical (unpaired) electrons. The third-order valence-electron chi connectivity index (χ3n) is 5.15. The van der Waals surface area contributed by atoms with E-state index in [0.29, 0.717) is 17.8 Å². The van der Waals surface area contributed by atoms with Crippen LogP contribution in [0.15, 0.2) is 59.5 Å². The molecule has 3 aromatic rings. The molecule has 1 atom stereocenters. The summed E-state index contributed by atoms with van der Waals surface area (Å²) in [6.45, 7) is 3.69. The van der Waals surface area contributed by atoms with Crippen molar-refractivity contribution in [2.45, 2.75) is 32.4 Å². The first-order chi connectivity index (χ1) is 13.4. The van der Waals surface area contributed by atoms with Crippen molar-refractivity contribution in [2.75, 3.05) is 0 Å². The maximum atomic E-state index is 13.2. The number of carbonyl (C=O) groups excluding carboxylic acids is 2. The number of pyridine rings is 1. The van der Waals surface area contributed by atoms with Crippen LogP contribution in [0.1, 0.15) is 30.2 Å². The van der Waals surface area contributed by atoms with Gasteiger partial charge in [-0.2, -0.15) is 0 Å². The van der Waals surface area contributed by atoms with E-state index in [1.54, 1.807) is 12.3 Å². The number of aromatic nitrogens is 2. The number of nitrogens with zero attached hydrogens (tertiary/aromatic N) is 3. The number of benzene rings is 1. The fourth-order valence-electron chi connectivity index (χ4n) is 3.63. The highest BCUT2D eigenvalue weighted by atomic mass is 16.2. The maximum Gasteiger partial charge on any atom is 0.325 e. The smallest absolute Gasteiger partial charge is 0.319 e.